The maximum Gasteiger partial charge on any atom is 0.259 e. The molecule has 1 aromatic heterocycles. The number of carbonyl (C=O) groups excluding carboxylic acids is 1. The maximum absolute atomic E-state index is 12.5. The van der Waals surface area contributed by atoms with Crippen LogP contribution in [0.3, 0.4) is 0 Å². The first-order chi connectivity index (χ1) is 11.0. The third-order valence-electron chi connectivity index (χ3n) is 4.36. The number of rotatable bonds is 3. The predicted octanol–water partition coefficient (Wildman–Crippen LogP) is 3.25. The molecule has 1 aromatic carbocycles. The molecule has 1 aliphatic rings. The number of nitrogens with zero attached hydrogens (tertiary/aromatic N) is 3. The smallest absolute Gasteiger partial charge is 0.259 e. The van der Waals surface area contributed by atoms with Crippen LogP contribution in [0.15, 0.2) is 24.4 Å². The molecule has 1 saturated heterocycles. The van der Waals surface area contributed by atoms with E-state index in [1.54, 1.807) is 6.20 Å². The first-order valence-electron chi connectivity index (χ1n) is 8.02. The second-order valence-corrected chi connectivity index (χ2v) is 6.12. The molecule has 2 aromatic rings. The number of aryl methyl sites for hydroxylation is 3. The Morgan fingerprint density at radius 3 is 2.52 bits per heavy atom. The van der Waals surface area contributed by atoms with E-state index in [0.717, 1.165) is 30.3 Å². The molecule has 0 spiro atoms. The van der Waals surface area contributed by atoms with Gasteiger partial charge in [0.1, 0.15) is 0 Å². The number of carbonyl (C=O) groups is 1. The molecule has 1 aliphatic heterocycles. The van der Waals surface area contributed by atoms with Gasteiger partial charge in [0.25, 0.3) is 5.91 Å². The summed E-state index contributed by atoms with van der Waals surface area (Å²) >= 11 is 0. The third-order valence-corrected chi connectivity index (χ3v) is 4.36. The highest BCUT2D eigenvalue weighted by atomic mass is 16.1. The minimum absolute atomic E-state index is 0.168. The van der Waals surface area contributed by atoms with E-state index in [1.165, 1.54) is 18.4 Å². The highest BCUT2D eigenvalue weighted by molar-refractivity contribution is 6.04. The van der Waals surface area contributed by atoms with Gasteiger partial charge in [0.2, 0.25) is 5.95 Å². The summed E-state index contributed by atoms with van der Waals surface area (Å²) < 4.78 is 0. The van der Waals surface area contributed by atoms with E-state index in [0.29, 0.717) is 11.3 Å². The number of amides is 1. The Kier molecular flexibility index (Phi) is 4.28. The Bertz CT molecular complexity index is 736. The van der Waals surface area contributed by atoms with Gasteiger partial charge in [-0.25, -0.2) is 9.97 Å². The lowest BCUT2D eigenvalue weighted by atomic mass is 10.1. The van der Waals surface area contributed by atoms with Gasteiger partial charge in [-0.2, -0.15) is 0 Å². The number of anilines is 2. The van der Waals surface area contributed by atoms with Gasteiger partial charge in [0.05, 0.1) is 11.3 Å². The molecular formula is C18H22N4O. The maximum atomic E-state index is 12.5. The van der Waals surface area contributed by atoms with Gasteiger partial charge in [-0.3, -0.25) is 4.79 Å². The number of benzene rings is 1. The lowest BCUT2D eigenvalue weighted by Gasteiger charge is -2.16. The van der Waals surface area contributed by atoms with Gasteiger partial charge in [-0.15, -0.1) is 0 Å². The van der Waals surface area contributed by atoms with E-state index in [-0.39, 0.29) is 5.91 Å². The summed E-state index contributed by atoms with van der Waals surface area (Å²) in [6.45, 7) is 7.93. The fraction of sp³-hybridized carbons (Fsp3) is 0.389. The van der Waals surface area contributed by atoms with Gasteiger partial charge in [0, 0.05) is 25.0 Å². The standard InChI is InChI=1S/C18H22N4O/c1-12-6-7-15(10-13(12)2)21-17(23)16-11-19-18(20-14(16)3)22-8-4-5-9-22/h6-7,10-11H,4-5,8-9H2,1-3H3,(H,21,23). The average molecular weight is 310 g/mol. The van der Waals surface area contributed by atoms with Gasteiger partial charge >= 0.3 is 0 Å². The lowest BCUT2D eigenvalue weighted by Crippen LogP contribution is -2.22. The normalized spacial score (nSPS) is 14.1. The first-order valence-corrected chi connectivity index (χ1v) is 8.02. The van der Waals surface area contributed by atoms with Crippen LogP contribution in [0.25, 0.3) is 0 Å². The molecule has 5 nitrogen and oxygen atoms in total. The third kappa shape index (κ3) is 3.33. The van der Waals surface area contributed by atoms with E-state index in [1.807, 2.05) is 32.0 Å². The Morgan fingerprint density at radius 2 is 1.87 bits per heavy atom. The van der Waals surface area contributed by atoms with Crippen molar-refractivity contribution in [1.82, 2.24) is 9.97 Å². The SMILES string of the molecule is Cc1ccc(NC(=O)c2cnc(N3CCCC3)nc2C)cc1C. The molecule has 0 unspecified atom stereocenters. The van der Waals surface area contributed by atoms with Crippen molar-refractivity contribution in [3.8, 4) is 0 Å². The van der Waals surface area contributed by atoms with E-state index in [9.17, 15) is 4.79 Å². The number of hydrogen-bond acceptors (Lipinski definition) is 4. The van der Waals surface area contributed by atoms with Crippen LogP contribution in [0, 0.1) is 20.8 Å². The highest BCUT2D eigenvalue weighted by Crippen LogP contribution is 2.19. The van der Waals surface area contributed by atoms with Crippen molar-refractivity contribution in [2.24, 2.45) is 0 Å². The Labute approximate surface area is 136 Å². The molecule has 1 amide bonds. The van der Waals surface area contributed by atoms with E-state index in [4.69, 9.17) is 0 Å². The molecule has 23 heavy (non-hydrogen) atoms. The molecule has 0 radical (unpaired) electrons. The fourth-order valence-corrected chi connectivity index (χ4v) is 2.76. The molecule has 1 N–H and O–H groups in total. The molecule has 5 heteroatoms. The fourth-order valence-electron chi connectivity index (χ4n) is 2.76. The van der Waals surface area contributed by atoms with Crippen LogP contribution >= 0.6 is 0 Å². The van der Waals surface area contributed by atoms with Gasteiger partial charge < -0.3 is 10.2 Å². The minimum Gasteiger partial charge on any atom is -0.341 e. The van der Waals surface area contributed by atoms with Crippen molar-refractivity contribution >= 4 is 17.5 Å². The molecule has 3 rings (SSSR count). The van der Waals surface area contributed by atoms with Gasteiger partial charge in [0.15, 0.2) is 0 Å². The number of aromatic nitrogens is 2. The van der Waals surface area contributed by atoms with Crippen molar-refractivity contribution in [1.29, 1.82) is 0 Å². The molecule has 0 atom stereocenters. The monoisotopic (exact) mass is 310 g/mol. The number of hydrogen-bond donors (Lipinski definition) is 1. The topological polar surface area (TPSA) is 58.1 Å². The van der Waals surface area contributed by atoms with Crippen LogP contribution in [0.1, 0.15) is 40.0 Å². The molecule has 1 fully saturated rings. The molecule has 120 valence electrons. The lowest BCUT2D eigenvalue weighted by molar-refractivity contribution is 0.102. The van der Waals surface area contributed by atoms with Crippen molar-refractivity contribution < 1.29 is 4.79 Å². The zero-order valence-electron chi connectivity index (χ0n) is 13.9. The highest BCUT2D eigenvalue weighted by Gasteiger charge is 2.18. The van der Waals surface area contributed by atoms with E-state index < -0.39 is 0 Å². The van der Waals surface area contributed by atoms with E-state index >= 15 is 0 Å². The number of nitrogens with one attached hydrogen (secondary N) is 1. The molecule has 2 heterocycles. The van der Waals surface area contributed by atoms with Gasteiger partial charge in [-0.05, 0) is 56.9 Å². The van der Waals surface area contributed by atoms with Crippen LogP contribution in [-0.2, 0) is 0 Å². The van der Waals surface area contributed by atoms with Crippen molar-refractivity contribution in [3.05, 3.63) is 46.8 Å². The second kappa shape index (κ2) is 6.36. The summed E-state index contributed by atoms with van der Waals surface area (Å²) in [7, 11) is 0. The van der Waals surface area contributed by atoms with Crippen LogP contribution in [0.4, 0.5) is 11.6 Å². The summed E-state index contributed by atoms with van der Waals surface area (Å²) in [6, 6.07) is 5.89. The Hall–Kier alpha value is -2.43. The van der Waals surface area contributed by atoms with Crippen LogP contribution in [-0.4, -0.2) is 29.0 Å². The van der Waals surface area contributed by atoms with Gasteiger partial charge in [-0.1, -0.05) is 6.07 Å². The molecule has 0 saturated carbocycles. The molecule has 0 aliphatic carbocycles. The summed E-state index contributed by atoms with van der Waals surface area (Å²) in [5.74, 6) is 0.557. The van der Waals surface area contributed by atoms with Crippen molar-refractivity contribution in [2.45, 2.75) is 33.6 Å². The van der Waals surface area contributed by atoms with Crippen LogP contribution in [0.2, 0.25) is 0 Å². The van der Waals surface area contributed by atoms with E-state index in [2.05, 4.69) is 27.1 Å². The summed E-state index contributed by atoms with van der Waals surface area (Å²) in [5, 5.41) is 2.92. The molecule has 0 bridgehead atoms. The van der Waals surface area contributed by atoms with Crippen LogP contribution < -0.4 is 10.2 Å². The molecular weight excluding hydrogens is 288 g/mol. The average Bonchev–Trinajstić information content (AvgIpc) is 3.05. The van der Waals surface area contributed by atoms with Crippen molar-refractivity contribution in [3.63, 3.8) is 0 Å². The summed E-state index contributed by atoms with van der Waals surface area (Å²) in [4.78, 5) is 23.5. The first kappa shape index (κ1) is 15.5. The second-order valence-electron chi connectivity index (χ2n) is 6.12. The van der Waals surface area contributed by atoms with Crippen LogP contribution in [0.5, 0.6) is 0 Å². The Morgan fingerprint density at radius 1 is 1.13 bits per heavy atom. The zero-order chi connectivity index (χ0) is 16.4. The summed E-state index contributed by atoms with van der Waals surface area (Å²) in [6.07, 6.45) is 3.99. The largest absolute Gasteiger partial charge is 0.341 e. The minimum atomic E-state index is -0.168. The van der Waals surface area contributed by atoms with Crippen molar-refractivity contribution in [2.75, 3.05) is 23.3 Å². The summed E-state index contributed by atoms with van der Waals surface area (Å²) in [5.41, 5.74) is 4.38. The predicted molar refractivity (Wildman–Crippen MR) is 92.1 cm³/mol. The quantitative estimate of drug-likeness (QED) is 0.945. The zero-order valence-corrected chi connectivity index (χ0v) is 13.9. The Balaban J connectivity index is 1.77.